The summed E-state index contributed by atoms with van der Waals surface area (Å²) in [6.07, 6.45) is -106. The van der Waals surface area contributed by atoms with Crippen molar-refractivity contribution in [3.63, 3.8) is 0 Å². The molecule has 0 aromatic carbocycles. The van der Waals surface area contributed by atoms with Crippen LogP contribution in [-0.2, 0) is 94.7 Å². The lowest BCUT2D eigenvalue weighted by atomic mass is 9.94. The van der Waals surface area contributed by atoms with Gasteiger partial charge >= 0.3 is 0 Å². The fraction of sp³-hybridized carbons (Fsp3) is 1.00. The molecule has 50 heteroatoms. The van der Waals surface area contributed by atoms with Crippen LogP contribution in [0.5, 0.6) is 0 Å². The molecule has 26 aliphatic heterocycles. The predicted octanol–water partition coefficient (Wildman–Crippen LogP) is -21.8. The van der Waals surface area contributed by atoms with E-state index in [1.807, 2.05) is 0 Å². The van der Waals surface area contributed by atoms with Gasteiger partial charge in [0.1, 0.15) is 244 Å². The van der Waals surface area contributed by atoms with E-state index in [-0.39, 0.29) is 0 Å². The zero-order chi connectivity index (χ0) is 80.1. The van der Waals surface area contributed by atoms with Crippen LogP contribution in [0, 0.1) is 0 Å². The molecule has 0 unspecified atom stereocenters. The van der Waals surface area contributed by atoms with Crippen LogP contribution in [0.15, 0.2) is 0 Å². The minimum atomic E-state index is -2.43. The number of aliphatic hydroxyl groups excluding tert-OH is 30. The molecule has 26 fully saturated rings. The number of hydrogen-bond donors (Lipinski definition) is 30. The minimum absolute atomic E-state index is 0.912. The first kappa shape index (κ1) is 88.8. The highest BCUT2D eigenvalue weighted by Crippen LogP contribution is 2.41. The highest BCUT2D eigenvalue weighted by molar-refractivity contribution is 5.04. The first-order valence-corrected chi connectivity index (χ1v) is 35.2. The highest BCUT2D eigenvalue weighted by atomic mass is 16.8. The summed E-state index contributed by atoms with van der Waals surface area (Å²) in [5.74, 6) is 0. The Morgan fingerprint density at radius 3 is 0.591 bits per heavy atom. The molecule has 50 atom stereocenters. The number of aliphatic hydroxyl groups is 30. The van der Waals surface area contributed by atoms with Crippen molar-refractivity contribution in [1.82, 2.24) is 0 Å². The predicted molar refractivity (Wildman–Crippen MR) is 326 cm³/mol. The molecule has 0 aliphatic carbocycles. The lowest BCUT2D eigenvalue weighted by Gasteiger charge is -2.51. The second-order valence-corrected chi connectivity index (χ2v) is 28.2. The maximum atomic E-state index is 12.0. The summed E-state index contributed by atoms with van der Waals surface area (Å²) in [5, 5.41) is 333. The van der Waals surface area contributed by atoms with Crippen LogP contribution in [-0.4, -0.2) is 526 Å². The van der Waals surface area contributed by atoms with Gasteiger partial charge in [-0.3, -0.25) is 0 Å². The molecular weight excluding hydrogens is 1520 g/mol. The van der Waals surface area contributed by atoms with Crippen molar-refractivity contribution in [2.24, 2.45) is 0 Å². The number of ether oxygens (including phenoxy) is 20. The zero-order valence-corrected chi connectivity index (χ0v) is 57.5. The largest absolute Gasteiger partial charge is 0.394 e. The molecule has 110 heavy (non-hydrogen) atoms. The van der Waals surface area contributed by atoms with E-state index >= 15 is 0 Å². The molecule has 26 aliphatic rings. The van der Waals surface area contributed by atoms with Crippen LogP contribution < -0.4 is 0 Å². The summed E-state index contributed by atoms with van der Waals surface area (Å²) in [6, 6.07) is 0. The Balaban J connectivity index is 0.863. The molecule has 50 nitrogen and oxygen atoms in total. The number of rotatable bonds is 18. The molecule has 0 saturated carbocycles. The molecule has 26 saturated heterocycles. The smallest absolute Gasteiger partial charge is 0.187 e. The Bertz CT molecular complexity index is 2610. The van der Waals surface area contributed by atoms with Crippen molar-refractivity contribution < 1.29 is 248 Å². The molecule has 640 valence electrons. The molecule has 26 rings (SSSR count). The van der Waals surface area contributed by atoms with Gasteiger partial charge in [-0.2, -0.15) is 0 Å². The molecular formula is C60H100O50. The lowest BCUT2D eigenvalue weighted by Crippen LogP contribution is -2.69. The fourth-order valence-corrected chi connectivity index (χ4v) is 14.7. The molecule has 26 heterocycles. The first-order chi connectivity index (χ1) is 52.3. The van der Waals surface area contributed by atoms with Gasteiger partial charge in [0.15, 0.2) is 62.9 Å². The molecule has 0 radical (unpaired) electrons. The highest BCUT2D eigenvalue weighted by Gasteiger charge is 2.61. The summed E-state index contributed by atoms with van der Waals surface area (Å²) in [4.78, 5) is 0. The Labute approximate surface area is 619 Å². The molecule has 0 aromatic rings. The maximum absolute atomic E-state index is 12.0. The molecule has 30 N–H and O–H groups in total. The van der Waals surface area contributed by atoms with Gasteiger partial charge in [0.05, 0.1) is 66.1 Å². The summed E-state index contributed by atoms with van der Waals surface area (Å²) in [7, 11) is 0. The number of hydrogen-bond acceptors (Lipinski definition) is 50. The van der Waals surface area contributed by atoms with Gasteiger partial charge in [-0.15, -0.1) is 0 Å². The van der Waals surface area contributed by atoms with E-state index in [2.05, 4.69) is 0 Å². The van der Waals surface area contributed by atoms with Crippen molar-refractivity contribution >= 4 is 0 Å². The van der Waals surface area contributed by atoms with Crippen LogP contribution in [0.2, 0.25) is 0 Å². The van der Waals surface area contributed by atoms with E-state index in [0.717, 1.165) is 0 Å². The molecule has 0 spiro atoms. The van der Waals surface area contributed by atoms with E-state index in [0.29, 0.717) is 0 Å². The standard InChI is InChI=1S/C60H100O50/c61-1-11-21(69)23(71)33(81)53(93-11)103-43-13(3-63)95-51(35(83)25(43)73)91-9-19-49-31(79)41(89)59(101-19)107-47-17(7-67)97-55(37(85)27(47)75)106-46-16(6-66)100-58(40(88)30(46)78)110-50-20(10-92-52-36(84)26(74)44(14(4-64)96-52)104-54-34(82)24(72)22(70)12(2-62)94-54)102-60(42(90)32(50)80)108-48-18(8-68)98-56(38(86)28(48)76)105-45-15(5-65)99-57(109-49)39(87)29(45)77/h11-90H,1-10H2/t11-,12-,13-,14-,15-,16-,17-,18-,19-,20-,21-,22-,23+,24+,25-,26-,27-,28-,29-,30-,31-,32-,33-,34-,35-,36-,37-,38-,39-,40-,41-,42-,43-,44-,45-,46-,47-,48-,49-,50-,51+,52+,53-,54-,55-,56-,57-,58-,59-,60-/m1/s1. The third kappa shape index (κ3) is 17.8. The van der Waals surface area contributed by atoms with E-state index in [1.54, 1.807) is 0 Å². The monoisotopic (exact) mass is 1620 g/mol. The van der Waals surface area contributed by atoms with Crippen LogP contribution >= 0.6 is 0 Å². The van der Waals surface area contributed by atoms with Crippen molar-refractivity contribution in [2.45, 2.75) is 307 Å². The zero-order valence-electron chi connectivity index (χ0n) is 57.5. The van der Waals surface area contributed by atoms with Crippen LogP contribution in [0.3, 0.4) is 0 Å². The molecule has 12 bridgehead atoms. The van der Waals surface area contributed by atoms with Crippen LogP contribution in [0.1, 0.15) is 0 Å². The minimum Gasteiger partial charge on any atom is -0.394 e. The van der Waals surface area contributed by atoms with Crippen molar-refractivity contribution in [1.29, 1.82) is 0 Å². The molecule has 0 aromatic heterocycles. The summed E-state index contributed by atoms with van der Waals surface area (Å²) in [5.41, 5.74) is 0. The normalized spacial score (nSPS) is 54.9. The van der Waals surface area contributed by atoms with Crippen LogP contribution in [0.4, 0.5) is 0 Å². The van der Waals surface area contributed by atoms with Crippen molar-refractivity contribution in [3.8, 4) is 0 Å². The first-order valence-electron chi connectivity index (χ1n) is 35.2. The van der Waals surface area contributed by atoms with Crippen molar-refractivity contribution in [2.75, 3.05) is 66.1 Å². The van der Waals surface area contributed by atoms with Gasteiger partial charge in [-0.25, -0.2) is 0 Å². The summed E-state index contributed by atoms with van der Waals surface area (Å²) in [6.45, 7) is -11.0. The molecule has 0 amide bonds. The van der Waals surface area contributed by atoms with E-state index < -0.39 is 373 Å². The van der Waals surface area contributed by atoms with Gasteiger partial charge in [-0.1, -0.05) is 0 Å². The fourth-order valence-electron chi connectivity index (χ4n) is 14.7. The van der Waals surface area contributed by atoms with E-state index in [1.165, 1.54) is 0 Å². The quantitative estimate of drug-likeness (QED) is 0.0606. The van der Waals surface area contributed by atoms with Gasteiger partial charge in [0, 0.05) is 0 Å². The van der Waals surface area contributed by atoms with Gasteiger partial charge < -0.3 is 248 Å². The lowest BCUT2D eigenvalue weighted by molar-refractivity contribution is -0.407. The maximum Gasteiger partial charge on any atom is 0.187 e. The van der Waals surface area contributed by atoms with Crippen LogP contribution in [0.25, 0.3) is 0 Å². The Hall–Kier alpha value is -2.00. The summed E-state index contributed by atoms with van der Waals surface area (Å²) < 4.78 is 116. The average Bonchev–Trinajstić information content (AvgIpc) is 0.764. The Kier molecular flexibility index (Phi) is 30.6. The van der Waals surface area contributed by atoms with Gasteiger partial charge in [0.25, 0.3) is 0 Å². The second kappa shape index (κ2) is 37.9. The average molecular weight is 1620 g/mol. The SMILES string of the molecule is OC[C@H]1O[C@H](O[C@H]2[C@H](O)[C@@H](O)[C@@H](OC[C@H]3O[C@@H]4O[C@H]5[C@H](O)[C@@H](O)[C@@H](O[C@H]6[C@H](O)[C@@H](O)[C@@H](O[C@H]7[C@H](O)[C@@H](O)[C@@H](O[C@H]8[C@H](O)[C@@H](O)[C@@H](O[C@H]9[C@H](O)[C@@H](O)[C@@H](O[C@H]3[C@H](O)[C@H]4O)O[C@@H]9CO)O[C@@H]8CO)O[C@@H]7CO[C@H]3O[C@H](CO)[C@@H](O[C@H]4O[C@H](CO)[C@@H](O)[C@H](O)[C@H]4O)[C@H](O)[C@H]3O)O[C@@H]6CO)O[C@@H]5CO)O[C@@H]2CO)[C@H](O)[C@@H](O)[C@@H]1O. The Morgan fingerprint density at radius 2 is 0.364 bits per heavy atom. The van der Waals surface area contributed by atoms with E-state index in [4.69, 9.17) is 94.7 Å². The third-order valence-corrected chi connectivity index (χ3v) is 21.1. The second-order valence-electron chi connectivity index (χ2n) is 28.2. The Morgan fingerprint density at radius 1 is 0.164 bits per heavy atom. The topological polar surface area (TPSA) is 792 Å². The van der Waals surface area contributed by atoms with E-state index in [9.17, 15) is 153 Å². The van der Waals surface area contributed by atoms with Gasteiger partial charge in [0.2, 0.25) is 0 Å². The van der Waals surface area contributed by atoms with Gasteiger partial charge in [-0.05, 0) is 0 Å². The third-order valence-electron chi connectivity index (χ3n) is 21.1. The summed E-state index contributed by atoms with van der Waals surface area (Å²) >= 11 is 0. The van der Waals surface area contributed by atoms with Crippen molar-refractivity contribution in [3.05, 3.63) is 0 Å².